The molecular formula is C24H17ClN2O4. The molecule has 0 bridgehead atoms. The Kier molecular flexibility index (Phi) is 4.45. The van der Waals surface area contributed by atoms with E-state index in [1.807, 2.05) is 31.2 Å². The number of carbonyl (C=O) groups is 2. The van der Waals surface area contributed by atoms with Crippen LogP contribution in [0.5, 0.6) is 0 Å². The highest BCUT2D eigenvalue weighted by atomic mass is 35.5. The summed E-state index contributed by atoms with van der Waals surface area (Å²) >= 11 is 6.32. The third-order valence-electron chi connectivity index (χ3n) is 5.55. The molecule has 1 aliphatic heterocycles. The molecule has 4 aromatic rings. The number of fused-ring (bicyclic) bond motifs is 1. The molecule has 154 valence electrons. The van der Waals surface area contributed by atoms with E-state index in [0.29, 0.717) is 16.3 Å². The predicted molar refractivity (Wildman–Crippen MR) is 117 cm³/mol. The molecule has 0 aliphatic carbocycles. The molecule has 0 fully saturated rings. The fraction of sp³-hybridized carbons (Fsp3) is 0.0833. The maximum absolute atomic E-state index is 13.3. The van der Waals surface area contributed by atoms with Gasteiger partial charge in [-0.2, -0.15) is 0 Å². The second kappa shape index (κ2) is 7.18. The van der Waals surface area contributed by atoms with Crippen molar-refractivity contribution in [1.82, 2.24) is 4.98 Å². The fourth-order valence-corrected chi connectivity index (χ4v) is 4.16. The van der Waals surface area contributed by atoms with Crippen LogP contribution in [0.25, 0.3) is 10.9 Å². The van der Waals surface area contributed by atoms with Gasteiger partial charge >= 0.3 is 0 Å². The number of amides is 1. The Bertz CT molecular complexity index is 1370. The lowest BCUT2D eigenvalue weighted by Gasteiger charge is -2.26. The van der Waals surface area contributed by atoms with Crippen LogP contribution in [-0.4, -0.2) is 21.8 Å². The Morgan fingerprint density at radius 3 is 2.71 bits per heavy atom. The number of H-pyrrole nitrogens is 1. The van der Waals surface area contributed by atoms with Crippen LogP contribution < -0.4 is 4.90 Å². The number of aryl methyl sites for hydroxylation is 1. The Balaban J connectivity index is 1.74. The van der Waals surface area contributed by atoms with Crippen LogP contribution in [-0.2, 0) is 4.79 Å². The molecule has 7 heteroatoms. The van der Waals surface area contributed by atoms with Crippen LogP contribution in [0.15, 0.2) is 82.8 Å². The fourth-order valence-electron chi connectivity index (χ4n) is 3.99. The van der Waals surface area contributed by atoms with Crippen LogP contribution in [0.2, 0.25) is 5.02 Å². The first-order valence-electron chi connectivity index (χ1n) is 9.64. The van der Waals surface area contributed by atoms with Crippen LogP contribution >= 0.6 is 11.6 Å². The van der Waals surface area contributed by atoms with Crippen molar-refractivity contribution in [1.29, 1.82) is 0 Å². The van der Waals surface area contributed by atoms with Gasteiger partial charge in [-0.25, -0.2) is 0 Å². The van der Waals surface area contributed by atoms with Crippen molar-refractivity contribution < 1.29 is 19.1 Å². The van der Waals surface area contributed by atoms with E-state index in [4.69, 9.17) is 16.0 Å². The lowest BCUT2D eigenvalue weighted by atomic mass is 9.94. The molecule has 0 saturated heterocycles. The Hall–Kier alpha value is -3.77. The third kappa shape index (κ3) is 2.95. The molecule has 2 N–H and O–H groups in total. The number of aromatic nitrogens is 1. The molecule has 0 radical (unpaired) electrons. The first-order chi connectivity index (χ1) is 15.0. The number of carbonyl (C=O) groups excluding carboxylic acids is 2. The Morgan fingerprint density at radius 1 is 1.16 bits per heavy atom. The standard InChI is InChI=1S/C24H17ClN2O4/c1-13-8-9-14(11-17(13)25)27-21(16-12-26-18-6-3-2-5-15(16)18)20(23(29)24(27)30)22(28)19-7-4-10-31-19/h2-12,21,26,29H,1H3. The molecule has 1 unspecified atom stereocenters. The average Bonchev–Trinajstić information content (AvgIpc) is 3.49. The van der Waals surface area contributed by atoms with Crippen LogP contribution in [0.4, 0.5) is 5.69 Å². The van der Waals surface area contributed by atoms with Crippen molar-refractivity contribution in [3.05, 3.63) is 100 Å². The Labute approximate surface area is 182 Å². The van der Waals surface area contributed by atoms with E-state index in [1.165, 1.54) is 17.2 Å². The van der Waals surface area contributed by atoms with Gasteiger partial charge in [-0.15, -0.1) is 0 Å². The van der Waals surface area contributed by atoms with Gasteiger partial charge in [-0.1, -0.05) is 35.9 Å². The molecule has 1 amide bonds. The van der Waals surface area contributed by atoms with Crippen molar-refractivity contribution >= 4 is 39.9 Å². The number of hydrogen-bond acceptors (Lipinski definition) is 4. The summed E-state index contributed by atoms with van der Waals surface area (Å²) in [6.07, 6.45) is 3.12. The van der Waals surface area contributed by atoms with E-state index >= 15 is 0 Å². The second-order valence-electron chi connectivity index (χ2n) is 7.37. The highest BCUT2D eigenvalue weighted by molar-refractivity contribution is 6.31. The summed E-state index contributed by atoms with van der Waals surface area (Å²) in [6.45, 7) is 1.86. The molecule has 6 nitrogen and oxygen atoms in total. The number of nitrogens with one attached hydrogen (secondary N) is 1. The number of anilines is 1. The van der Waals surface area contributed by atoms with E-state index < -0.39 is 23.5 Å². The number of halogens is 1. The first-order valence-corrected chi connectivity index (χ1v) is 10.0. The van der Waals surface area contributed by atoms with Gasteiger partial charge in [0.15, 0.2) is 11.5 Å². The van der Waals surface area contributed by atoms with Gasteiger partial charge in [-0.3, -0.25) is 14.5 Å². The average molecular weight is 433 g/mol. The van der Waals surface area contributed by atoms with Crippen molar-refractivity contribution in [3.8, 4) is 0 Å². The number of ketones is 1. The van der Waals surface area contributed by atoms with Crippen molar-refractivity contribution in [2.24, 2.45) is 0 Å². The number of Topliss-reactive ketones (excluding diaryl/α,β-unsaturated/α-hetero) is 1. The maximum Gasteiger partial charge on any atom is 0.294 e. The van der Waals surface area contributed by atoms with Gasteiger partial charge in [-0.05, 0) is 42.8 Å². The quantitative estimate of drug-likeness (QED) is 0.416. The van der Waals surface area contributed by atoms with Gasteiger partial charge in [0, 0.05) is 33.4 Å². The molecule has 3 heterocycles. The zero-order valence-electron chi connectivity index (χ0n) is 16.4. The van der Waals surface area contributed by atoms with Gasteiger partial charge in [0.1, 0.15) is 0 Å². The van der Waals surface area contributed by atoms with Gasteiger partial charge < -0.3 is 14.5 Å². The lowest BCUT2D eigenvalue weighted by Crippen LogP contribution is -2.31. The number of furan rings is 1. The van der Waals surface area contributed by atoms with E-state index in [1.54, 1.807) is 30.5 Å². The molecule has 0 saturated carbocycles. The smallest absolute Gasteiger partial charge is 0.294 e. The summed E-state index contributed by atoms with van der Waals surface area (Å²) in [5.41, 5.74) is 2.82. The molecule has 1 aliphatic rings. The summed E-state index contributed by atoms with van der Waals surface area (Å²) in [7, 11) is 0. The minimum absolute atomic E-state index is 0.0404. The van der Waals surface area contributed by atoms with Crippen molar-refractivity contribution in [2.75, 3.05) is 4.90 Å². The van der Waals surface area contributed by atoms with E-state index in [9.17, 15) is 14.7 Å². The SMILES string of the molecule is Cc1ccc(N2C(=O)C(O)=C(C(=O)c3ccco3)C2c2c[nH]c3ccccc23)cc1Cl. The van der Waals surface area contributed by atoms with Crippen LogP contribution in [0.3, 0.4) is 0 Å². The number of aromatic amines is 1. The summed E-state index contributed by atoms with van der Waals surface area (Å²) < 4.78 is 5.27. The molecule has 0 spiro atoms. The van der Waals surface area contributed by atoms with E-state index in [0.717, 1.165) is 16.5 Å². The highest BCUT2D eigenvalue weighted by Crippen LogP contribution is 2.44. The number of benzene rings is 2. The number of aliphatic hydroxyl groups is 1. The Morgan fingerprint density at radius 2 is 1.97 bits per heavy atom. The summed E-state index contributed by atoms with van der Waals surface area (Å²) in [4.78, 5) is 31.1. The highest BCUT2D eigenvalue weighted by Gasteiger charge is 2.46. The van der Waals surface area contributed by atoms with Crippen LogP contribution in [0.1, 0.15) is 27.7 Å². The predicted octanol–water partition coefficient (Wildman–Crippen LogP) is 5.51. The zero-order valence-corrected chi connectivity index (χ0v) is 17.2. The van der Waals surface area contributed by atoms with Crippen LogP contribution in [0, 0.1) is 6.92 Å². The molecule has 1 atom stereocenters. The minimum Gasteiger partial charge on any atom is -0.503 e. The van der Waals surface area contributed by atoms with Crippen molar-refractivity contribution in [3.63, 3.8) is 0 Å². The van der Waals surface area contributed by atoms with Gasteiger partial charge in [0.05, 0.1) is 17.9 Å². The monoisotopic (exact) mass is 432 g/mol. The number of nitrogens with zero attached hydrogens (tertiary/aromatic N) is 1. The lowest BCUT2D eigenvalue weighted by molar-refractivity contribution is -0.117. The van der Waals surface area contributed by atoms with E-state index in [2.05, 4.69) is 4.98 Å². The van der Waals surface area contributed by atoms with Gasteiger partial charge in [0.25, 0.3) is 5.91 Å². The molecule has 31 heavy (non-hydrogen) atoms. The maximum atomic E-state index is 13.3. The molecular weight excluding hydrogens is 416 g/mol. The summed E-state index contributed by atoms with van der Waals surface area (Å²) in [5.74, 6) is -1.78. The number of aliphatic hydroxyl groups excluding tert-OH is 1. The topological polar surface area (TPSA) is 86.5 Å². The third-order valence-corrected chi connectivity index (χ3v) is 5.95. The number of rotatable bonds is 4. The summed E-state index contributed by atoms with van der Waals surface area (Å²) in [6, 6.07) is 15.0. The number of para-hydroxylation sites is 1. The normalized spacial score (nSPS) is 16.5. The minimum atomic E-state index is -0.861. The largest absolute Gasteiger partial charge is 0.503 e. The molecule has 5 rings (SSSR count). The second-order valence-corrected chi connectivity index (χ2v) is 7.78. The zero-order chi connectivity index (χ0) is 21.7. The van der Waals surface area contributed by atoms with E-state index in [-0.39, 0.29) is 11.3 Å². The number of hydrogen-bond donors (Lipinski definition) is 2. The summed E-state index contributed by atoms with van der Waals surface area (Å²) in [5, 5.41) is 12.1. The molecule has 2 aromatic heterocycles. The van der Waals surface area contributed by atoms with Crippen molar-refractivity contribution in [2.45, 2.75) is 13.0 Å². The first kappa shape index (κ1) is 19.2. The van der Waals surface area contributed by atoms with Gasteiger partial charge in [0.2, 0.25) is 5.78 Å². The molecule has 2 aromatic carbocycles.